The molecular weight excluding hydrogens is 138 g/mol. The summed E-state index contributed by atoms with van der Waals surface area (Å²) in [7, 11) is 1.81. The molecule has 66 valence electrons. The topological polar surface area (TPSA) is 21.3 Å². The van der Waals surface area contributed by atoms with Gasteiger partial charge < -0.3 is 10.1 Å². The standard InChI is InChI=1S/C9H19NO/c1-7(2)9(11-3)8-5-4-6-10-8/h7-10H,4-6H2,1-3H3/t8-,9?/m0/s1. The number of ether oxygens (including phenoxy) is 1. The Bertz CT molecular complexity index is 108. The average molecular weight is 157 g/mol. The molecule has 0 bridgehead atoms. The van der Waals surface area contributed by atoms with Crippen LogP contribution in [0.2, 0.25) is 0 Å². The first-order valence-corrected chi connectivity index (χ1v) is 4.52. The van der Waals surface area contributed by atoms with Gasteiger partial charge in [-0.2, -0.15) is 0 Å². The molecule has 0 aromatic carbocycles. The van der Waals surface area contributed by atoms with E-state index in [1.54, 1.807) is 0 Å². The normalized spacial score (nSPS) is 27.8. The molecule has 1 aliphatic rings. The van der Waals surface area contributed by atoms with Crippen LogP contribution in [0.4, 0.5) is 0 Å². The lowest BCUT2D eigenvalue weighted by Gasteiger charge is -2.25. The molecule has 1 saturated heterocycles. The summed E-state index contributed by atoms with van der Waals surface area (Å²) in [6.45, 7) is 5.60. The maximum Gasteiger partial charge on any atom is 0.0747 e. The predicted octanol–water partition coefficient (Wildman–Crippen LogP) is 1.41. The molecule has 1 rings (SSSR count). The van der Waals surface area contributed by atoms with Gasteiger partial charge in [-0.15, -0.1) is 0 Å². The Morgan fingerprint density at radius 3 is 2.55 bits per heavy atom. The van der Waals surface area contributed by atoms with Crippen LogP contribution >= 0.6 is 0 Å². The van der Waals surface area contributed by atoms with E-state index in [-0.39, 0.29) is 0 Å². The van der Waals surface area contributed by atoms with Crippen molar-refractivity contribution in [1.82, 2.24) is 5.32 Å². The van der Waals surface area contributed by atoms with Gasteiger partial charge >= 0.3 is 0 Å². The lowest BCUT2D eigenvalue weighted by Crippen LogP contribution is -2.39. The predicted molar refractivity (Wildman–Crippen MR) is 46.7 cm³/mol. The Balaban J connectivity index is 2.40. The summed E-state index contributed by atoms with van der Waals surface area (Å²) >= 11 is 0. The van der Waals surface area contributed by atoms with Crippen molar-refractivity contribution >= 4 is 0 Å². The van der Waals surface area contributed by atoms with Gasteiger partial charge in [-0.05, 0) is 25.3 Å². The van der Waals surface area contributed by atoms with E-state index in [0.29, 0.717) is 18.1 Å². The largest absolute Gasteiger partial charge is 0.380 e. The van der Waals surface area contributed by atoms with Crippen molar-refractivity contribution in [2.24, 2.45) is 5.92 Å². The molecule has 0 aromatic rings. The van der Waals surface area contributed by atoms with E-state index >= 15 is 0 Å². The summed E-state index contributed by atoms with van der Waals surface area (Å²) in [5, 5.41) is 3.46. The van der Waals surface area contributed by atoms with Gasteiger partial charge in [-0.3, -0.25) is 0 Å². The highest BCUT2D eigenvalue weighted by Crippen LogP contribution is 2.17. The van der Waals surface area contributed by atoms with Crippen LogP contribution < -0.4 is 5.32 Å². The summed E-state index contributed by atoms with van der Waals surface area (Å²) in [6.07, 6.45) is 2.98. The van der Waals surface area contributed by atoms with Gasteiger partial charge in [0.15, 0.2) is 0 Å². The Morgan fingerprint density at radius 2 is 2.18 bits per heavy atom. The molecule has 0 aliphatic carbocycles. The molecule has 1 heterocycles. The molecule has 0 aromatic heterocycles. The molecule has 1 aliphatic heterocycles. The van der Waals surface area contributed by atoms with Crippen LogP contribution in [-0.2, 0) is 4.74 Å². The van der Waals surface area contributed by atoms with Gasteiger partial charge in [0.1, 0.15) is 0 Å². The second kappa shape index (κ2) is 4.07. The van der Waals surface area contributed by atoms with Crippen LogP contribution in [0, 0.1) is 5.92 Å². The zero-order valence-corrected chi connectivity index (χ0v) is 7.76. The second-order valence-corrected chi connectivity index (χ2v) is 3.65. The summed E-state index contributed by atoms with van der Waals surface area (Å²) in [5.74, 6) is 0.621. The summed E-state index contributed by atoms with van der Waals surface area (Å²) in [4.78, 5) is 0. The van der Waals surface area contributed by atoms with Crippen molar-refractivity contribution in [3.05, 3.63) is 0 Å². The third kappa shape index (κ3) is 2.17. The first kappa shape index (κ1) is 9.01. The lowest BCUT2D eigenvalue weighted by atomic mass is 9.98. The molecule has 11 heavy (non-hydrogen) atoms. The minimum absolute atomic E-state index is 0.400. The van der Waals surface area contributed by atoms with E-state index in [2.05, 4.69) is 19.2 Å². The van der Waals surface area contributed by atoms with Crippen LogP contribution in [0.25, 0.3) is 0 Å². The van der Waals surface area contributed by atoms with Crippen LogP contribution in [0.5, 0.6) is 0 Å². The van der Waals surface area contributed by atoms with E-state index in [1.165, 1.54) is 12.8 Å². The number of rotatable bonds is 3. The monoisotopic (exact) mass is 157 g/mol. The third-order valence-electron chi connectivity index (χ3n) is 2.42. The van der Waals surface area contributed by atoms with Crippen molar-refractivity contribution in [3.8, 4) is 0 Å². The highest BCUT2D eigenvalue weighted by Gasteiger charge is 2.26. The SMILES string of the molecule is COC(C(C)C)[C@@H]1CCCN1. The molecule has 2 atom stereocenters. The fourth-order valence-electron chi connectivity index (χ4n) is 1.89. The number of nitrogens with one attached hydrogen (secondary N) is 1. The van der Waals surface area contributed by atoms with E-state index in [9.17, 15) is 0 Å². The van der Waals surface area contributed by atoms with Crippen LogP contribution in [0.1, 0.15) is 26.7 Å². The maximum atomic E-state index is 5.43. The zero-order chi connectivity index (χ0) is 8.27. The summed E-state index contributed by atoms with van der Waals surface area (Å²) < 4.78 is 5.43. The van der Waals surface area contributed by atoms with Crippen LogP contribution in [-0.4, -0.2) is 25.8 Å². The lowest BCUT2D eigenvalue weighted by molar-refractivity contribution is 0.0386. The van der Waals surface area contributed by atoms with Gasteiger partial charge in [0.05, 0.1) is 6.10 Å². The summed E-state index contributed by atoms with van der Waals surface area (Å²) in [6, 6.07) is 0.597. The number of hydrogen-bond acceptors (Lipinski definition) is 2. The van der Waals surface area contributed by atoms with Gasteiger partial charge in [0.25, 0.3) is 0 Å². The molecule has 2 heteroatoms. The molecule has 0 saturated carbocycles. The second-order valence-electron chi connectivity index (χ2n) is 3.65. The van der Waals surface area contributed by atoms with Crippen molar-refractivity contribution in [1.29, 1.82) is 0 Å². The van der Waals surface area contributed by atoms with Gasteiger partial charge in [-0.1, -0.05) is 13.8 Å². The average Bonchev–Trinajstić information content (AvgIpc) is 2.40. The molecule has 1 fully saturated rings. The Morgan fingerprint density at radius 1 is 1.45 bits per heavy atom. The minimum Gasteiger partial charge on any atom is -0.380 e. The van der Waals surface area contributed by atoms with Crippen molar-refractivity contribution in [2.45, 2.75) is 38.8 Å². The third-order valence-corrected chi connectivity index (χ3v) is 2.42. The summed E-state index contributed by atoms with van der Waals surface area (Å²) in [5.41, 5.74) is 0. The van der Waals surface area contributed by atoms with Gasteiger partial charge in [-0.25, -0.2) is 0 Å². The Hall–Kier alpha value is -0.0800. The maximum absolute atomic E-state index is 5.43. The molecular formula is C9H19NO. The number of hydrogen-bond donors (Lipinski definition) is 1. The first-order valence-electron chi connectivity index (χ1n) is 4.52. The zero-order valence-electron chi connectivity index (χ0n) is 7.76. The van der Waals surface area contributed by atoms with E-state index in [4.69, 9.17) is 4.74 Å². The van der Waals surface area contributed by atoms with Crippen molar-refractivity contribution in [2.75, 3.05) is 13.7 Å². The van der Waals surface area contributed by atoms with Crippen molar-refractivity contribution in [3.63, 3.8) is 0 Å². The fourth-order valence-corrected chi connectivity index (χ4v) is 1.89. The number of methoxy groups -OCH3 is 1. The van der Waals surface area contributed by atoms with E-state index in [1.807, 2.05) is 7.11 Å². The molecule has 2 nitrogen and oxygen atoms in total. The molecule has 1 N–H and O–H groups in total. The van der Waals surface area contributed by atoms with E-state index in [0.717, 1.165) is 6.54 Å². The highest BCUT2D eigenvalue weighted by molar-refractivity contribution is 4.83. The van der Waals surface area contributed by atoms with Gasteiger partial charge in [0.2, 0.25) is 0 Å². The minimum atomic E-state index is 0.400. The Kier molecular flexibility index (Phi) is 3.34. The molecule has 0 radical (unpaired) electrons. The van der Waals surface area contributed by atoms with Crippen LogP contribution in [0.15, 0.2) is 0 Å². The fraction of sp³-hybridized carbons (Fsp3) is 1.00. The quantitative estimate of drug-likeness (QED) is 0.669. The first-order chi connectivity index (χ1) is 5.25. The molecule has 1 unspecified atom stereocenters. The highest BCUT2D eigenvalue weighted by atomic mass is 16.5. The Labute approximate surface area is 69.3 Å². The molecule has 0 amide bonds. The van der Waals surface area contributed by atoms with E-state index < -0.39 is 0 Å². The smallest absolute Gasteiger partial charge is 0.0747 e. The van der Waals surface area contributed by atoms with Crippen LogP contribution in [0.3, 0.4) is 0 Å². The van der Waals surface area contributed by atoms with Crippen molar-refractivity contribution < 1.29 is 4.74 Å². The van der Waals surface area contributed by atoms with Gasteiger partial charge in [0, 0.05) is 13.2 Å². The molecule has 0 spiro atoms.